The zero-order chi connectivity index (χ0) is 12.1. The first-order chi connectivity index (χ1) is 8.29. The fraction of sp³-hybridized carbons (Fsp3) is 0.600. The van der Waals surface area contributed by atoms with Crippen molar-refractivity contribution in [1.82, 2.24) is 5.32 Å². The highest BCUT2D eigenvalue weighted by atomic mass is 16.3. The summed E-state index contributed by atoms with van der Waals surface area (Å²) in [6.45, 7) is 3.25. The number of aliphatic hydroxyl groups is 1. The van der Waals surface area contributed by atoms with Gasteiger partial charge in [-0.15, -0.1) is 0 Å². The predicted molar refractivity (Wildman–Crippen MR) is 71.0 cm³/mol. The Hall–Kier alpha value is -0.860. The summed E-state index contributed by atoms with van der Waals surface area (Å²) >= 11 is 0. The Balaban J connectivity index is 1.86. The largest absolute Gasteiger partial charge is 0.393 e. The predicted octanol–water partition coefficient (Wildman–Crippen LogP) is 2.37. The molecule has 2 N–H and O–H groups in total. The highest BCUT2D eigenvalue weighted by molar-refractivity contribution is 5.16. The van der Waals surface area contributed by atoms with Crippen LogP contribution in [0.15, 0.2) is 30.3 Å². The van der Waals surface area contributed by atoms with Gasteiger partial charge >= 0.3 is 0 Å². The minimum atomic E-state index is -0.135. The van der Waals surface area contributed by atoms with Crippen LogP contribution >= 0.6 is 0 Å². The fourth-order valence-corrected chi connectivity index (χ4v) is 2.75. The molecular formula is C15H23NO. The molecule has 3 atom stereocenters. The molecule has 2 nitrogen and oxygen atoms in total. The first-order valence-corrected chi connectivity index (χ1v) is 6.75. The number of hydrogen-bond acceptors (Lipinski definition) is 2. The molecule has 0 aliphatic heterocycles. The standard InChI is InChI=1S/C15H23NO/c1-2-8-16-14-10-13(15(17)11-14)9-12-6-4-3-5-7-12/h3-7,13-17H,2,8-11H2,1H3/t13-,14-,15-/m1/s1. The first-order valence-electron chi connectivity index (χ1n) is 6.75. The Kier molecular flexibility index (Phi) is 4.57. The Morgan fingerprint density at radius 2 is 2.00 bits per heavy atom. The van der Waals surface area contributed by atoms with E-state index >= 15 is 0 Å². The van der Waals surface area contributed by atoms with Gasteiger partial charge in [-0.2, -0.15) is 0 Å². The molecule has 0 bridgehead atoms. The summed E-state index contributed by atoms with van der Waals surface area (Å²) < 4.78 is 0. The van der Waals surface area contributed by atoms with E-state index in [1.54, 1.807) is 0 Å². The number of nitrogens with one attached hydrogen (secondary N) is 1. The van der Waals surface area contributed by atoms with Crippen LogP contribution in [0.3, 0.4) is 0 Å². The van der Waals surface area contributed by atoms with E-state index in [2.05, 4.69) is 36.5 Å². The van der Waals surface area contributed by atoms with Crippen LogP contribution in [0.25, 0.3) is 0 Å². The normalized spacial score (nSPS) is 28.5. The van der Waals surface area contributed by atoms with Gasteiger partial charge in [-0.25, -0.2) is 0 Å². The van der Waals surface area contributed by atoms with Crippen molar-refractivity contribution in [2.75, 3.05) is 6.54 Å². The number of benzene rings is 1. The van der Waals surface area contributed by atoms with E-state index in [9.17, 15) is 5.11 Å². The molecule has 2 rings (SSSR count). The lowest BCUT2D eigenvalue weighted by atomic mass is 9.96. The Labute approximate surface area is 104 Å². The van der Waals surface area contributed by atoms with Crippen LogP contribution < -0.4 is 5.32 Å². The molecule has 1 aromatic rings. The van der Waals surface area contributed by atoms with Crippen LogP contribution in [0.2, 0.25) is 0 Å². The lowest BCUT2D eigenvalue weighted by molar-refractivity contribution is 0.132. The van der Waals surface area contributed by atoms with Gasteiger partial charge in [0.15, 0.2) is 0 Å². The van der Waals surface area contributed by atoms with Crippen molar-refractivity contribution in [3.8, 4) is 0 Å². The van der Waals surface area contributed by atoms with Gasteiger partial charge in [-0.3, -0.25) is 0 Å². The summed E-state index contributed by atoms with van der Waals surface area (Å²) in [4.78, 5) is 0. The van der Waals surface area contributed by atoms with Crippen LogP contribution in [-0.2, 0) is 6.42 Å². The van der Waals surface area contributed by atoms with Crippen molar-refractivity contribution in [3.63, 3.8) is 0 Å². The summed E-state index contributed by atoms with van der Waals surface area (Å²) in [6, 6.07) is 11.0. The third-order valence-corrected chi connectivity index (χ3v) is 3.68. The van der Waals surface area contributed by atoms with Crippen molar-refractivity contribution < 1.29 is 5.11 Å². The molecule has 94 valence electrons. The third-order valence-electron chi connectivity index (χ3n) is 3.68. The van der Waals surface area contributed by atoms with Gasteiger partial charge in [0, 0.05) is 6.04 Å². The highest BCUT2D eigenvalue weighted by Crippen LogP contribution is 2.29. The van der Waals surface area contributed by atoms with Gasteiger partial charge in [0.25, 0.3) is 0 Å². The van der Waals surface area contributed by atoms with Gasteiger partial charge in [0.2, 0.25) is 0 Å². The van der Waals surface area contributed by atoms with Crippen molar-refractivity contribution in [2.24, 2.45) is 5.92 Å². The maximum atomic E-state index is 10.1. The molecule has 0 amide bonds. The van der Waals surface area contributed by atoms with E-state index in [0.29, 0.717) is 12.0 Å². The van der Waals surface area contributed by atoms with E-state index in [1.807, 2.05) is 6.07 Å². The molecule has 1 aliphatic carbocycles. The maximum Gasteiger partial charge on any atom is 0.0587 e. The minimum absolute atomic E-state index is 0.135. The molecule has 0 saturated heterocycles. The second-order valence-electron chi connectivity index (χ2n) is 5.14. The number of aliphatic hydroxyl groups excluding tert-OH is 1. The van der Waals surface area contributed by atoms with Crippen LogP contribution in [0.5, 0.6) is 0 Å². The quantitative estimate of drug-likeness (QED) is 0.818. The molecule has 1 saturated carbocycles. The van der Waals surface area contributed by atoms with Gasteiger partial charge < -0.3 is 10.4 Å². The molecule has 2 heteroatoms. The van der Waals surface area contributed by atoms with Crippen LogP contribution in [0, 0.1) is 5.92 Å². The van der Waals surface area contributed by atoms with Crippen LogP contribution in [-0.4, -0.2) is 23.8 Å². The van der Waals surface area contributed by atoms with E-state index in [-0.39, 0.29) is 6.10 Å². The van der Waals surface area contributed by atoms with Gasteiger partial charge in [-0.05, 0) is 43.7 Å². The summed E-state index contributed by atoms with van der Waals surface area (Å²) in [5, 5.41) is 13.6. The van der Waals surface area contributed by atoms with Crippen LogP contribution in [0.1, 0.15) is 31.7 Å². The first kappa shape index (κ1) is 12.6. The number of rotatable bonds is 5. The van der Waals surface area contributed by atoms with Crippen molar-refractivity contribution in [2.45, 2.75) is 44.8 Å². The molecule has 0 heterocycles. The topological polar surface area (TPSA) is 32.3 Å². The maximum absolute atomic E-state index is 10.1. The summed E-state index contributed by atoms with van der Waals surface area (Å²) in [6.07, 6.45) is 4.06. The Bertz CT molecular complexity index is 325. The van der Waals surface area contributed by atoms with Crippen molar-refractivity contribution in [1.29, 1.82) is 0 Å². The molecule has 1 fully saturated rings. The third kappa shape index (κ3) is 3.55. The second kappa shape index (κ2) is 6.18. The summed E-state index contributed by atoms with van der Waals surface area (Å²) in [5.74, 6) is 0.423. The van der Waals surface area contributed by atoms with E-state index in [1.165, 1.54) is 5.56 Å². The van der Waals surface area contributed by atoms with Crippen molar-refractivity contribution in [3.05, 3.63) is 35.9 Å². The highest BCUT2D eigenvalue weighted by Gasteiger charge is 2.32. The molecular weight excluding hydrogens is 210 g/mol. The van der Waals surface area contributed by atoms with Gasteiger partial charge in [-0.1, -0.05) is 37.3 Å². The molecule has 0 aromatic heterocycles. The smallest absolute Gasteiger partial charge is 0.0587 e. The Morgan fingerprint density at radius 3 is 2.71 bits per heavy atom. The van der Waals surface area contributed by atoms with Gasteiger partial charge in [0.05, 0.1) is 6.10 Å². The van der Waals surface area contributed by atoms with Crippen LogP contribution in [0.4, 0.5) is 0 Å². The molecule has 0 spiro atoms. The molecule has 17 heavy (non-hydrogen) atoms. The second-order valence-corrected chi connectivity index (χ2v) is 5.14. The molecule has 0 unspecified atom stereocenters. The zero-order valence-electron chi connectivity index (χ0n) is 10.6. The summed E-state index contributed by atoms with van der Waals surface area (Å²) in [5.41, 5.74) is 1.34. The van der Waals surface area contributed by atoms with E-state index in [0.717, 1.165) is 32.2 Å². The molecule has 0 radical (unpaired) electrons. The monoisotopic (exact) mass is 233 g/mol. The Morgan fingerprint density at radius 1 is 1.24 bits per heavy atom. The molecule has 1 aromatic carbocycles. The summed E-state index contributed by atoms with van der Waals surface area (Å²) in [7, 11) is 0. The minimum Gasteiger partial charge on any atom is -0.393 e. The van der Waals surface area contributed by atoms with E-state index < -0.39 is 0 Å². The van der Waals surface area contributed by atoms with Crippen molar-refractivity contribution >= 4 is 0 Å². The average molecular weight is 233 g/mol. The van der Waals surface area contributed by atoms with Gasteiger partial charge in [0.1, 0.15) is 0 Å². The fourth-order valence-electron chi connectivity index (χ4n) is 2.75. The molecule has 1 aliphatic rings. The lowest BCUT2D eigenvalue weighted by Gasteiger charge is -2.14. The lowest BCUT2D eigenvalue weighted by Crippen LogP contribution is -2.27. The SMILES string of the molecule is CCCN[C@@H]1C[C@@H](Cc2ccccc2)[C@H](O)C1. The number of hydrogen-bond donors (Lipinski definition) is 2. The average Bonchev–Trinajstić information content (AvgIpc) is 2.69. The zero-order valence-corrected chi connectivity index (χ0v) is 10.6. The van der Waals surface area contributed by atoms with E-state index in [4.69, 9.17) is 0 Å².